The molecule has 0 radical (unpaired) electrons. The van der Waals surface area contributed by atoms with Crippen LogP contribution in [0.2, 0.25) is 0 Å². The van der Waals surface area contributed by atoms with Gasteiger partial charge in [-0.2, -0.15) is 0 Å². The number of nitrogens with one attached hydrogen (secondary N) is 7. The first-order chi connectivity index (χ1) is 36.4. The zero-order chi connectivity index (χ0) is 57.4. The Morgan fingerprint density at radius 3 is 1.51 bits per heavy atom. The molecule has 0 bridgehead atoms. The molecular weight excluding hydrogens is 1010 g/mol. The lowest BCUT2D eigenvalue weighted by Gasteiger charge is -2.31. The quantitative estimate of drug-likeness (QED) is 0.0477. The van der Waals surface area contributed by atoms with Gasteiger partial charge in [0.1, 0.15) is 48.0 Å². The predicted molar refractivity (Wildman–Crippen MR) is 275 cm³/mol. The Kier molecular flexibility index (Phi) is 26.3. The van der Waals surface area contributed by atoms with Gasteiger partial charge < -0.3 is 75.9 Å². The van der Waals surface area contributed by atoms with Gasteiger partial charge >= 0.3 is 0 Å². The fraction of sp³-hybridized carbons (Fsp3) is 0.620. The van der Waals surface area contributed by atoms with Gasteiger partial charge in [-0.1, -0.05) is 77.3 Å². The number of benzene rings is 1. The Morgan fingerprint density at radius 1 is 0.558 bits per heavy atom. The van der Waals surface area contributed by atoms with Crippen molar-refractivity contribution in [2.45, 2.75) is 184 Å². The molecule has 18 N–H and O–H groups in total. The van der Waals surface area contributed by atoms with Gasteiger partial charge in [0.2, 0.25) is 76.8 Å². The molecule has 426 valence electrons. The average molecular weight is 1080 g/mol. The fourth-order valence-corrected chi connectivity index (χ4v) is 8.92. The van der Waals surface area contributed by atoms with Crippen LogP contribution in [0.25, 0.3) is 0 Å². The standard InChI is InChI=1S/C50H77N13O14/c1-3-27(2)11-8-6-4-5-7-9-12-29-22-43(70)57-33(23-39(52)66)46(73)59-32(21-28-14-16-30(64)17-15-28)45(72)61-35(25-41(54)68)47(74)58-31(18-19-38(51)65)50(77)63-20-10-13-37(63)49(76)62-36(26-42(55)69)48(75)60-34(24-40(53)67)44(71)56-29/h14-17,27,29,31-37,64H,3-13,18-26H2,1-2H3,(H2,51,65)(H2,52,66)(H2,53,67)(H2,54,68)(H2,55,69)(H,56,71)(H,57,70)(H,58,74)(H,59,73)(H,60,75)(H,61,72)(H,62,76). The number of fused-ring (bicyclic) bond motifs is 1. The Bertz CT molecular complexity index is 2300. The van der Waals surface area contributed by atoms with Crippen LogP contribution in [-0.2, 0) is 68.7 Å². The summed E-state index contributed by atoms with van der Waals surface area (Å²) in [6.45, 7) is 4.21. The number of primary amides is 5. The number of aromatic hydroxyl groups is 1. The van der Waals surface area contributed by atoms with E-state index in [0.29, 0.717) is 24.3 Å². The molecule has 2 fully saturated rings. The molecule has 27 heteroatoms. The number of nitrogens with two attached hydrogens (primary N) is 5. The van der Waals surface area contributed by atoms with E-state index in [0.717, 1.165) is 43.4 Å². The second-order valence-electron chi connectivity index (χ2n) is 19.8. The number of phenols is 1. The largest absolute Gasteiger partial charge is 0.508 e. The van der Waals surface area contributed by atoms with Crippen molar-refractivity contribution >= 4 is 76.8 Å². The SMILES string of the molecule is CCC(C)CCCCCCCCC1CC(=O)NC(CC(N)=O)C(=O)NC(Cc2ccc(O)cc2)C(=O)NC(CC(N)=O)C(=O)NC(CCC(N)=O)C(=O)N2CCCC2C(=O)NC(CC(N)=O)C(=O)NC(CC(N)=O)C(=O)N1. The molecule has 2 aliphatic heterocycles. The van der Waals surface area contributed by atoms with Crippen LogP contribution < -0.4 is 65.9 Å². The summed E-state index contributed by atoms with van der Waals surface area (Å²) in [5.41, 5.74) is 27.7. The molecule has 13 amide bonds. The molecule has 3 rings (SSSR count). The number of unbranched alkanes of at least 4 members (excludes halogenated alkanes) is 5. The Balaban J connectivity index is 2.16. The van der Waals surface area contributed by atoms with Crippen LogP contribution in [0.4, 0.5) is 0 Å². The van der Waals surface area contributed by atoms with E-state index in [2.05, 4.69) is 51.1 Å². The molecule has 0 saturated carbocycles. The van der Waals surface area contributed by atoms with Crippen LogP contribution in [0.1, 0.15) is 135 Å². The third-order valence-corrected chi connectivity index (χ3v) is 13.3. The van der Waals surface area contributed by atoms with Crippen LogP contribution in [0.3, 0.4) is 0 Å². The zero-order valence-corrected chi connectivity index (χ0v) is 43.7. The van der Waals surface area contributed by atoms with Crippen molar-refractivity contribution in [1.29, 1.82) is 0 Å². The van der Waals surface area contributed by atoms with Gasteiger partial charge in [-0.25, -0.2) is 0 Å². The van der Waals surface area contributed by atoms with Crippen molar-refractivity contribution in [3.63, 3.8) is 0 Å². The van der Waals surface area contributed by atoms with E-state index in [1.54, 1.807) is 0 Å². The van der Waals surface area contributed by atoms with Crippen LogP contribution in [0.15, 0.2) is 24.3 Å². The van der Waals surface area contributed by atoms with Gasteiger partial charge in [-0.15, -0.1) is 0 Å². The van der Waals surface area contributed by atoms with Crippen molar-refractivity contribution in [2.24, 2.45) is 34.6 Å². The maximum absolute atomic E-state index is 14.3. The summed E-state index contributed by atoms with van der Waals surface area (Å²) in [4.78, 5) is 175. The van der Waals surface area contributed by atoms with Gasteiger partial charge in [0, 0.05) is 31.8 Å². The number of nitrogens with zero attached hydrogens (tertiary/aromatic N) is 1. The highest BCUT2D eigenvalue weighted by molar-refractivity contribution is 6.00. The summed E-state index contributed by atoms with van der Waals surface area (Å²) in [5, 5.41) is 26.9. The third-order valence-electron chi connectivity index (χ3n) is 13.3. The summed E-state index contributed by atoms with van der Waals surface area (Å²) < 4.78 is 0. The second-order valence-corrected chi connectivity index (χ2v) is 19.8. The molecule has 1 aromatic carbocycles. The van der Waals surface area contributed by atoms with E-state index in [-0.39, 0.29) is 38.0 Å². The minimum absolute atomic E-state index is 0.0202. The predicted octanol–water partition coefficient (Wildman–Crippen LogP) is -3.34. The molecule has 1 aromatic rings. The van der Waals surface area contributed by atoms with Crippen molar-refractivity contribution in [1.82, 2.24) is 42.1 Å². The molecule has 2 saturated heterocycles. The fourth-order valence-electron chi connectivity index (χ4n) is 8.92. The van der Waals surface area contributed by atoms with Crippen LogP contribution in [0, 0.1) is 5.92 Å². The van der Waals surface area contributed by atoms with Crippen molar-refractivity contribution in [3.8, 4) is 5.75 Å². The minimum atomic E-state index is -1.87. The van der Waals surface area contributed by atoms with Gasteiger partial charge in [-0.05, 0) is 49.3 Å². The Hall–Kier alpha value is -7.87. The summed E-state index contributed by atoms with van der Waals surface area (Å²) in [7, 11) is 0. The van der Waals surface area contributed by atoms with Gasteiger partial charge in [-0.3, -0.25) is 62.3 Å². The lowest BCUT2D eigenvalue weighted by molar-refractivity contribution is -0.143. The first-order valence-corrected chi connectivity index (χ1v) is 26.0. The zero-order valence-electron chi connectivity index (χ0n) is 43.7. The van der Waals surface area contributed by atoms with Crippen LogP contribution in [0.5, 0.6) is 5.75 Å². The number of phenolic OH excluding ortho intramolecular Hbond substituents is 1. The molecule has 9 atom stereocenters. The Labute approximate surface area is 446 Å². The highest BCUT2D eigenvalue weighted by Gasteiger charge is 2.41. The molecule has 2 heterocycles. The highest BCUT2D eigenvalue weighted by atomic mass is 16.3. The summed E-state index contributed by atoms with van der Waals surface area (Å²) in [5.74, 6) is -13.3. The van der Waals surface area contributed by atoms with Gasteiger partial charge in [0.15, 0.2) is 0 Å². The van der Waals surface area contributed by atoms with E-state index >= 15 is 0 Å². The monoisotopic (exact) mass is 1080 g/mol. The van der Waals surface area contributed by atoms with Gasteiger partial charge in [0.25, 0.3) is 0 Å². The van der Waals surface area contributed by atoms with Gasteiger partial charge in [0.05, 0.1) is 25.7 Å². The normalized spacial score (nSPS) is 23.9. The summed E-state index contributed by atoms with van der Waals surface area (Å²) >= 11 is 0. The molecule has 2 aliphatic rings. The number of hydrogen-bond acceptors (Lipinski definition) is 14. The lowest BCUT2D eigenvalue weighted by Crippen LogP contribution is -2.60. The molecule has 77 heavy (non-hydrogen) atoms. The lowest BCUT2D eigenvalue weighted by atomic mass is 9.99. The average Bonchev–Trinajstić information content (AvgIpc) is 3.85. The number of carbonyl (C=O) groups excluding carboxylic acids is 13. The first-order valence-electron chi connectivity index (χ1n) is 26.0. The van der Waals surface area contributed by atoms with E-state index < -0.39 is 170 Å². The molecule has 0 spiro atoms. The van der Waals surface area contributed by atoms with Crippen molar-refractivity contribution < 1.29 is 67.4 Å². The molecule has 27 nitrogen and oxygen atoms in total. The third kappa shape index (κ3) is 22.9. The van der Waals surface area contributed by atoms with E-state index in [4.69, 9.17) is 28.7 Å². The smallest absolute Gasteiger partial charge is 0.245 e. The molecule has 0 aromatic heterocycles. The first kappa shape index (κ1) is 63.4. The van der Waals surface area contributed by atoms with E-state index in [9.17, 15) is 67.4 Å². The molecular formula is C50H77N13O14. The summed E-state index contributed by atoms with van der Waals surface area (Å²) in [6, 6.07) is -7.63. The van der Waals surface area contributed by atoms with Crippen LogP contribution in [-0.4, -0.2) is 142 Å². The molecule has 0 aliphatic carbocycles. The number of hydrogen-bond donors (Lipinski definition) is 13. The topological polar surface area (TPSA) is 460 Å². The maximum atomic E-state index is 14.3. The minimum Gasteiger partial charge on any atom is -0.508 e. The van der Waals surface area contributed by atoms with E-state index in [1.807, 2.05) is 0 Å². The highest BCUT2D eigenvalue weighted by Crippen LogP contribution is 2.21. The van der Waals surface area contributed by atoms with E-state index in [1.165, 1.54) is 24.3 Å². The Morgan fingerprint density at radius 2 is 1.00 bits per heavy atom. The second kappa shape index (κ2) is 31.9. The number of carbonyl (C=O) groups is 13. The summed E-state index contributed by atoms with van der Waals surface area (Å²) in [6.07, 6.45) is 2.16. The molecule has 9 unspecified atom stereocenters. The maximum Gasteiger partial charge on any atom is 0.245 e. The number of amides is 13. The number of rotatable bonds is 23. The van der Waals surface area contributed by atoms with Crippen molar-refractivity contribution in [3.05, 3.63) is 29.8 Å². The van der Waals surface area contributed by atoms with Crippen molar-refractivity contribution in [2.75, 3.05) is 6.54 Å². The van der Waals surface area contributed by atoms with Crippen LogP contribution >= 0.6 is 0 Å².